The van der Waals surface area contributed by atoms with Gasteiger partial charge in [0.25, 0.3) is 0 Å². The SMILES string of the molecule is CC(O)CCc1csc(Cl)c1. The van der Waals surface area contributed by atoms with Crippen LogP contribution in [-0.4, -0.2) is 11.2 Å². The fourth-order valence-electron chi connectivity index (χ4n) is 0.852. The van der Waals surface area contributed by atoms with E-state index in [-0.39, 0.29) is 6.10 Å². The predicted octanol–water partition coefficient (Wildman–Crippen LogP) is 2.71. The van der Waals surface area contributed by atoms with Gasteiger partial charge in [-0.25, -0.2) is 0 Å². The first kappa shape index (κ1) is 9.04. The Bertz CT molecular complexity index is 220. The minimum Gasteiger partial charge on any atom is -0.393 e. The van der Waals surface area contributed by atoms with E-state index in [1.54, 1.807) is 6.92 Å². The summed E-state index contributed by atoms with van der Waals surface area (Å²) in [5.41, 5.74) is 1.22. The molecule has 0 aliphatic carbocycles. The van der Waals surface area contributed by atoms with Crippen molar-refractivity contribution in [3.05, 3.63) is 21.3 Å². The lowest BCUT2D eigenvalue weighted by atomic mass is 10.1. The van der Waals surface area contributed by atoms with Crippen molar-refractivity contribution in [1.29, 1.82) is 0 Å². The molecule has 11 heavy (non-hydrogen) atoms. The van der Waals surface area contributed by atoms with Crippen molar-refractivity contribution < 1.29 is 5.11 Å². The molecule has 0 bridgehead atoms. The van der Waals surface area contributed by atoms with Gasteiger partial charge in [0.2, 0.25) is 0 Å². The highest BCUT2D eigenvalue weighted by atomic mass is 35.5. The zero-order valence-electron chi connectivity index (χ0n) is 6.38. The van der Waals surface area contributed by atoms with E-state index in [0.29, 0.717) is 0 Å². The quantitative estimate of drug-likeness (QED) is 0.777. The third-order valence-corrected chi connectivity index (χ3v) is 2.61. The molecule has 1 unspecified atom stereocenters. The number of aliphatic hydroxyl groups is 1. The van der Waals surface area contributed by atoms with Crippen molar-refractivity contribution in [3.8, 4) is 0 Å². The summed E-state index contributed by atoms with van der Waals surface area (Å²) in [6.07, 6.45) is 1.52. The van der Waals surface area contributed by atoms with Gasteiger partial charge in [-0.3, -0.25) is 0 Å². The summed E-state index contributed by atoms with van der Waals surface area (Å²) in [7, 11) is 0. The first-order valence-electron chi connectivity index (χ1n) is 3.59. The third-order valence-electron chi connectivity index (χ3n) is 1.47. The molecule has 62 valence electrons. The standard InChI is InChI=1S/C8H11ClOS/c1-6(10)2-3-7-4-8(9)11-5-7/h4-6,10H,2-3H2,1H3. The number of aryl methyl sites for hydroxylation is 1. The molecule has 1 aromatic heterocycles. The van der Waals surface area contributed by atoms with E-state index in [0.717, 1.165) is 17.2 Å². The van der Waals surface area contributed by atoms with Gasteiger partial charge in [0.15, 0.2) is 0 Å². The van der Waals surface area contributed by atoms with Gasteiger partial charge in [-0.2, -0.15) is 0 Å². The average molecular weight is 191 g/mol. The van der Waals surface area contributed by atoms with Gasteiger partial charge in [-0.05, 0) is 36.8 Å². The molecule has 1 nitrogen and oxygen atoms in total. The normalized spacial score (nSPS) is 13.4. The molecule has 0 amide bonds. The fourth-order valence-corrected chi connectivity index (χ4v) is 1.80. The van der Waals surface area contributed by atoms with Gasteiger partial charge in [-0.15, -0.1) is 11.3 Å². The predicted molar refractivity (Wildman–Crippen MR) is 49.3 cm³/mol. The van der Waals surface area contributed by atoms with Gasteiger partial charge in [0, 0.05) is 0 Å². The summed E-state index contributed by atoms with van der Waals surface area (Å²) in [5, 5.41) is 11.0. The van der Waals surface area contributed by atoms with E-state index in [9.17, 15) is 0 Å². The maximum absolute atomic E-state index is 8.99. The Morgan fingerprint density at radius 1 is 1.73 bits per heavy atom. The lowest BCUT2D eigenvalue weighted by Gasteiger charge is -2.00. The van der Waals surface area contributed by atoms with E-state index < -0.39 is 0 Å². The Balaban J connectivity index is 2.39. The molecule has 0 radical (unpaired) electrons. The van der Waals surface area contributed by atoms with Crippen LogP contribution in [0.4, 0.5) is 0 Å². The topological polar surface area (TPSA) is 20.2 Å². The first-order valence-corrected chi connectivity index (χ1v) is 4.85. The molecule has 0 saturated carbocycles. The van der Waals surface area contributed by atoms with E-state index in [1.807, 2.05) is 11.4 Å². The molecule has 0 fully saturated rings. The molecular formula is C8H11ClOS. The molecule has 0 saturated heterocycles. The van der Waals surface area contributed by atoms with Crippen LogP contribution in [0.5, 0.6) is 0 Å². The molecule has 0 aliphatic heterocycles. The molecular weight excluding hydrogens is 180 g/mol. The zero-order valence-corrected chi connectivity index (χ0v) is 7.95. The van der Waals surface area contributed by atoms with Crippen LogP contribution in [0.25, 0.3) is 0 Å². The van der Waals surface area contributed by atoms with Gasteiger partial charge in [-0.1, -0.05) is 11.6 Å². The van der Waals surface area contributed by atoms with Crippen molar-refractivity contribution in [2.24, 2.45) is 0 Å². The number of rotatable bonds is 3. The summed E-state index contributed by atoms with van der Waals surface area (Å²) >= 11 is 7.27. The largest absolute Gasteiger partial charge is 0.393 e. The van der Waals surface area contributed by atoms with Crippen LogP contribution in [0, 0.1) is 0 Å². The van der Waals surface area contributed by atoms with Crippen molar-refractivity contribution in [2.75, 3.05) is 0 Å². The molecule has 0 aromatic carbocycles. The van der Waals surface area contributed by atoms with Crippen molar-refractivity contribution in [2.45, 2.75) is 25.9 Å². The fraction of sp³-hybridized carbons (Fsp3) is 0.500. The summed E-state index contributed by atoms with van der Waals surface area (Å²) in [6, 6.07) is 1.95. The highest BCUT2D eigenvalue weighted by Crippen LogP contribution is 2.21. The zero-order chi connectivity index (χ0) is 8.27. The van der Waals surface area contributed by atoms with Crippen molar-refractivity contribution >= 4 is 22.9 Å². The maximum Gasteiger partial charge on any atom is 0.0931 e. The number of hydrogen-bond acceptors (Lipinski definition) is 2. The average Bonchev–Trinajstić information content (AvgIpc) is 2.31. The lowest BCUT2D eigenvalue weighted by Crippen LogP contribution is -2.00. The Labute approximate surface area is 75.6 Å². The van der Waals surface area contributed by atoms with E-state index >= 15 is 0 Å². The van der Waals surface area contributed by atoms with E-state index in [1.165, 1.54) is 16.9 Å². The molecule has 1 atom stereocenters. The molecule has 3 heteroatoms. The maximum atomic E-state index is 8.99. The first-order chi connectivity index (χ1) is 5.18. The minimum atomic E-state index is -0.214. The molecule has 1 N–H and O–H groups in total. The van der Waals surface area contributed by atoms with Crippen LogP contribution >= 0.6 is 22.9 Å². The van der Waals surface area contributed by atoms with Crippen LogP contribution < -0.4 is 0 Å². The molecule has 1 rings (SSSR count). The lowest BCUT2D eigenvalue weighted by molar-refractivity contribution is 0.185. The van der Waals surface area contributed by atoms with Crippen LogP contribution in [0.3, 0.4) is 0 Å². The minimum absolute atomic E-state index is 0.214. The van der Waals surface area contributed by atoms with Crippen LogP contribution in [0.2, 0.25) is 4.34 Å². The molecule has 0 spiro atoms. The van der Waals surface area contributed by atoms with E-state index in [2.05, 4.69) is 0 Å². The van der Waals surface area contributed by atoms with E-state index in [4.69, 9.17) is 16.7 Å². The summed E-state index contributed by atoms with van der Waals surface area (Å²) in [5.74, 6) is 0. The summed E-state index contributed by atoms with van der Waals surface area (Å²) < 4.78 is 0.825. The van der Waals surface area contributed by atoms with Gasteiger partial charge in [0.1, 0.15) is 0 Å². The van der Waals surface area contributed by atoms with Crippen LogP contribution in [0.15, 0.2) is 11.4 Å². The van der Waals surface area contributed by atoms with Crippen LogP contribution in [-0.2, 0) is 6.42 Å². The smallest absolute Gasteiger partial charge is 0.0931 e. The molecule has 0 aliphatic rings. The van der Waals surface area contributed by atoms with Crippen molar-refractivity contribution in [3.63, 3.8) is 0 Å². The Morgan fingerprint density at radius 3 is 2.91 bits per heavy atom. The number of halogens is 1. The van der Waals surface area contributed by atoms with Crippen LogP contribution in [0.1, 0.15) is 18.9 Å². The second kappa shape index (κ2) is 4.10. The Morgan fingerprint density at radius 2 is 2.45 bits per heavy atom. The highest BCUT2D eigenvalue weighted by molar-refractivity contribution is 7.14. The van der Waals surface area contributed by atoms with Gasteiger partial charge in [0.05, 0.1) is 10.4 Å². The summed E-state index contributed by atoms with van der Waals surface area (Å²) in [4.78, 5) is 0. The molecule has 1 aromatic rings. The highest BCUT2D eigenvalue weighted by Gasteiger charge is 1.99. The number of hydrogen-bond donors (Lipinski definition) is 1. The number of thiophene rings is 1. The molecule has 1 heterocycles. The second-order valence-electron chi connectivity index (χ2n) is 2.65. The van der Waals surface area contributed by atoms with Gasteiger partial charge >= 0.3 is 0 Å². The third kappa shape index (κ3) is 3.23. The Hall–Kier alpha value is -0.0500. The summed E-state index contributed by atoms with van der Waals surface area (Å²) in [6.45, 7) is 1.80. The second-order valence-corrected chi connectivity index (χ2v) is 4.19. The Kier molecular flexibility index (Phi) is 3.37. The van der Waals surface area contributed by atoms with Crippen molar-refractivity contribution in [1.82, 2.24) is 0 Å². The monoisotopic (exact) mass is 190 g/mol. The number of aliphatic hydroxyl groups excluding tert-OH is 1. The van der Waals surface area contributed by atoms with Gasteiger partial charge < -0.3 is 5.11 Å².